The van der Waals surface area contributed by atoms with Gasteiger partial charge in [0.15, 0.2) is 0 Å². The maximum atomic E-state index is 12.3. The molecule has 0 bridgehead atoms. The van der Waals surface area contributed by atoms with Gasteiger partial charge >= 0.3 is 5.69 Å². The second-order valence-corrected chi connectivity index (χ2v) is 5.37. The minimum absolute atomic E-state index is 0.169. The van der Waals surface area contributed by atoms with Gasteiger partial charge in [-0.2, -0.15) is 0 Å². The largest absolute Gasteiger partial charge is 0.328 e. The van der Waals surface area contributed by atoms with Crippen LogP contribution in [0, 0.1) is 5.92 Å². The highest BCUT2D eigenvalue weighted by molar-refractivity contribution is 5.76. The topological polar surface area (TPSA) is 54.9 Å². The van der Waals surface area contributed by atoms with Gasteiger partial charge in [0.1, 0.15) is 0 Å². The third-order valence-electron chi connectivity index (χ3n) is 4.13. The van der Waals surface area contributed by atoms with Crippen molar-refractivity contribution in [1.29, 1.82) is 0 Å². The van der Waals surface area contributed by atoms with E-state index in [1.165, 1.54) is 30.3 Å². The van der Waals surface area contributed by atoms with Crippen molar-refractivity contribution in [3.63, 3.8) is 0 Å². The van der Waals surface area contributed by atoms with Gasteiger partial charge in [-0.1, -0.05) is 37.8 Å². The fraction of sp³-hybridized carbons (Fsp3) is 0.467. The van der Waals surface area contributed by atoms with Gasteiger partial charge in [0.2, 0.25) is 0 Å². The molecule has 1 saturated carbocycles. The van der Waals surface area contributed by atoms with Crippen LogP contribution in [0.5, 0.6) is 0 Å². The predicted octanol–water partition coefficient (Wildman–Crippen LogP) is 2.27. The Hall–Kier alpha value is -1.84. The maximum Gasteiger partial charge on any atom is 0.328 e. The van der Waals surface area contributed by atoms with E-state index < -0.39 is 0 Å². The zero-order valence-corrected chi connectivity index (χ0v) is 10.9. The predicted molar refractivity (Wildman–Crippen MR) is 75.4 cm³/mol. The molecule has 0 amide bonds. The van der Waals surface area contributed by atoms with Crippen LogP contribution in [0.15, 0.2) is 33.9 Å². The average molecular weight is 258 g/mol. The Morgan fingerprint density at radius 3 is 2.68 bits per heavy atom. The van der Waals surface area contributed by atoms with E-state index in [-0.39, 0.29) is 11.2 Å². The van der Waals surface area contributed by atoms with Gasteiger partial charge < -0.3 is 4.98 Å². The van der Waals surface area contributed by atoms with Crippen molar-refractivity contribution in [2.45, 2.75) is 38.6 Å². The summed E-state index contributed by atoms with van der Waals surface area (Å²) in [5.74, 6) is 0.678. The first-order valence-electron chi connectivity index (χ1n) is 6.97. The quantitative estimate of drug-likeness (QED) is 0.918. The summed E-state index contributed by atoms with van der Waals surface area (Å²) in [5.41, 5.74) is 0.161. The molecule has 1 aromatic heterocycles. The molecule has 2 aromatic rings. The highest BCUT2D eigenvalue weighted by Gasteiger charge is 2.16. The van der Waals surface area contributed by atoms with Crippen LogP contribution >= 0.6 is 0 Å². The molecule has 19 heavy (non-hydrogen) atoms. The van der Waals surface area contributed by atoms with E-state index in [9.17, 15) is 9.59 Å². The first-order chi connectivity index (χ1) is 9.25. The molecule has 1 fully saturated rings. The van der Waals surface area contributed by atoms with Crippen LogP contribution in [0.4, 0.5) is 0 Å². The van der Waals surface area contributed by atoms with Crippen molar-refractivity contribution in [3.8, 4) is 0 Å². The number of fused-ring (bicyclic) bond motifs is 1. The molecule has 0 aliphatic heterocycles. The second kappa shape index (κ2) is 5.03. The number of para-hydroxylation sites is 1. The molecule has 1 aromatic carbocycles. The van der Waals surface area contributed by atoms with Crippen LogP contribution < -0.4 is 11.2 Å². The maximum absolute atomic E-state index is 12.3. The molecule has 0 saturated heterocycles. The Kier molecular flexibility index (Phi) is 3.23. The zero-order chi connectivity index (χ0) is 13.2. The molecule has 100 valence electrons. The van der Waals surface area contributed by atoms with E-state index >= 15 is 0 Å². The highest BCUT2D eigenvalue weighted by atomic mass is 16.2. The summed E-state index contributed by atoms with van der Waals surface area (Å²) in [6.45, 7) is 0.531. The molecule has 1 aliphatic rings. The molecule has 0 atom stereocenters. The summed E-state index contributed by atoms with van der Waals surface area (Å²) < 4.78 is 1.35. The SMILES string of the molecule is O=c1[nH]c2ccccc2c(=O)n1CCC1CCCC1. The van der Waals surface area contributed by atoms with Crippen LogP contribution in [-0.4, -0.2) is 9.55 Å². The van der Waals surface area contributed by atoms with Gasteiger partial charge in [-0.25, -0.2) is 4.79 Å². The lowest BCUT2D eigenvalue weighted by Gasteiger charge is -2.10. The van der Waals surface area contributed by atoms with Gasteiger partial charge in [0.25, 0.3) is 5.56 Å². The van der Waals surface area contributed by atoms with E-state index in [1.54, 1.807) is 12.1 Å². The Bertz CT molecular complexity index is 693. The number of hydrogen-bond donors (Lipinski definition) is 1. The molecule has 3 rings (SSSR count). The molecular formula is C15H18N2O2. The zero-order valence-electron chi connectivity index (χ0n) is 10.9. The van der Waals surface area contributed by atoms with Crippen LogP contribution in [0.3, 0.4) is 0 Å². The lowest BCUT2D eigenvalue weighted by Crippen LogP contribution is -2.35. The summed E-state index contributed by atoms with van der Waals surface area (Å²) in [6.07, 6.45) is 5.98. The molecule has 4 nitrogen and oxygen atoms in total. The molecule has 4 heteroatoms. The van der Waals surface area contributed by atoms with Gasteiger partial charge in [-0.3, -0.25) is 9.36 Å². The third kappa shape index (κ3) is 2.35. The number of H-pyrrole nitrogens is 1. The van der Waals surface area contributed by atoms with E-state index in [2.05, 4.69) is 4.98 Å². The van der Waals surface area contributed by atoms with Gasteiger partial charge in [0.05, 0.1) is 10.9 Å². The minimum Gasteiger partial charge on any atom is -0.307 e. The molecule has 1 heterocycles. The molecule has 0 radical (unpaired) electrons. The number of nitrogens with one attached hydrogen (secondary N) is 1. The highest BCUT2D eigenvalue weighted by Crippen LogP contribution is 2.27. The monoisotopic (exact) mass is 258 g/mol. The smallest absolute Gasteiger partial charge is 0.307 e. The lowest BCUT2D eigenvalue weighted by molar-refractivity contribution is 0.446. The molecule has 0 unspecified atom stereocenters. The summed E-state index contributed by atoms with van der Waals surface area (Å²) in [5, 5.41) is 0.591. The van der Waals surface area contributed by atoms with E-state index in [4.69, 9.17) is 0 Å². The standard InChI is InChI=1S/C15H18N2O2/c18-14-12-7-3-4-8-13(12)16-15(19)17(14)10-9-11-5-1-2-6-11/h3-4,7-8,11H,1-2,5-6,9-10H2,(H,16,19). The van der Waals surface area contributed by atoms with E-state index in [0.717, 1.165) is 6.42 Å². The van der Waals surface area contributed by atoms with Crippen molar-refractivity contribution in [2.75, 3.05) is 0 Å². The van der Waals surface area contributed by atoms with Crippen molar-refractivity contribution in [3.05, 3.63) is 45.1 Å². The lowest BCUT2D eigenvalue weighted by atomic mass is 10.0. The van der Waals surface area contributed by atoms with Crippen molar-refractivity contribution >= 4 is 10.9 Å². The number of nitrogens with zero attached hydrogens (tertiary/aromatic N) is 1. The van der Waals surface area contributed by atoms with Crippen LogP contribution in [0.1, 0.15) is 32.1 Å². The number of hydrogen-bond acceptors (Lipinski definition) is 2. The van der Waals surface area contributed by atoms with Gasteiger partial charge in [-0.05, 0) is 24.5 Å². The average Bonchev–Trinajstić information content (AvgIpc) is 2.92. The Balaban J connectivity index is 1.94. The second-order valence-electron chi connectivity index (χ2n) is 5.37. The fourth-order valence-electron chi connectivity index (χ4n) is 3.01. The third-order valence-corrected chi connectivity index (χ3v) is 4.13. The van der Waals surface area contributed by atoms with Crippen LogP contribution in [0.25, 0.3) is 10.9 Å². The van der Waals surface area contributed by atoms with Crippen LogP contribution in [-0.2, 0) is 6.54 Å². The number of aromatic amines is 1. The van der Waals surface area contributed by atoms with Crippen molar-refractivity contribution in [2.24, 2.45) is 5.92 Å². The summed E-state index contributed by atoms with van der Waals surface area (Å²) in [4.78, 5) is 27.0. The number of benzene rings is 1. The fourth-order valence-corrected chi connectivity index (χ4v) is 3.01. The van der Waals surface area contributed by atoms with E-state index in [1.807, 2.05) is 12.1 Å². The van der Waals surface area contributed by atoms with Gasteiger partial charge in [0, 0.05) is 6.54 Å². The minimum atomic E-state index is -0.290. The van der Waals surface area contributed by atoms with Crippen LogP contribution in [0.2, 0.25) is 0 Å². The summed E-state index contributed by atoms with van der Waals surface area (Å²) in [6, 6.07) is 7.17. The molecular weight excluding hydrogens is 240 g/mol. The molecule has 1 aliphatic carbocycles. The van der Waals surface area contributed by atoms with E-state index in [0.29, 0.717) is 23.4 Å². The molecule has 0 spiro atoms. The van der Waals surface area contributed by atoms with Gasteiger partial charge in [-0.15, -0.1) is 0 Å². The number of aromatic nitrogens is 2. The Labute approximate surface area is 111 Å². The summed E-state index contributed by atoms with van der Waals surface area (Å²) >= 11 is 0. The first kappa shape index (κ1) is 12.2. The summed E-state index contributed by atoms with van der Waals surface area (Å²) in [7, 11) is 0. The van der Waals surface area contributed by atoms with Crippen molar-refractivity contribution < 1.29 is 0 Å². The number of rotatable bonds is 3. The Morgan fingerprint density at radius 1 is 1.16 bits per heavy atom. The first-order valence-corrected chi connectivity index (χ1v) is 6.97. The normalized spacial score (nSPS) is 16.2. The molecule has 1 N–H and O–H groups in total. The van der Waals surface area contributed by atoms with Crippen molar-refractivity contribution in [1.82, 2.24) is 9.55 Å². The Morgan fingerprint density at radius 2 is 1.89 bits per heavy atom.